The number of hydrogen-bond acceptors (Lipinski definition) is 7. The van der Waals surface area contributed by atoms with Crippen LogP contribution in [0.4, 0.5) is 5.69 Å². The summed E-state index contributed by atoms with van der Waals surface area (Å²) in [6, 6.07) is 17.0. The number of imidazole rings is 1. The van der Waals surface area contributed by atoms with Crippen molar-refractivity contribution in [3.63, 3.8) is 0 Å². The average Bonchev–Trinajstić information content (AvgIpc) is 3.69. The van der Waals surface area contributed by atoms with Gasteiger partial charge in [0.05, 0.1) is 30.2 Å². The standard InChI is InChI=1S/C35H40N8O2/c1-20-16-42(21(2)32(20)36)35(44)24-10-27-33(31(12-24)45-4)43(34(39-27)30-11-23-7-5-6-8-29(23)40(30)3)19-22-17-41(18-22)26-9-25(13-37-14-26)28-15-38-28/h5-14,20-22,28,32,38H,15-19,36H2,1-4H3/t20?,21?,28?,32-/m1/s1. The SMILES string of the molecule is COc1cc(C(=O)N2CC(C)[C@@H](N)C2C)cc2nc(-c3cc4ccccc4n3C)n(CC3CN(c4cncc(C5CN5)c4)C3)c12. The Morgan fingerprint density at radius 1 is 1.09 bits per heavy atom. The highest BCUT2D eigenvalue weighted by molar-refractivity contribution is 6.00. The summed E-state index contributed by atoms with van der Waals surface area (Å²) < 4.78 is 10.5. The number of ether oxygens (including phenoxy) is 1. The molecule has 3 saturated heterocycles. The van der Waals surface area contributed by atoms with Crippen molar-refractivity contribution in [3.8, 4) is 17.3 Å². The summed E-state index contributed by atoms with van der Waals surface area (Å²) in [5.41, 5.74) is 13.2. The van der Waals surface area contributed by atoms with E-state index in [1.807, 2.05) is 36.4 Å². The van der Waals surface area contributed by atoms with Crippen LogP contribution in [-0.4, -0.2) is 75.3 Å². The second-order valence-corrected chi connectivity index (χ2v) is 13.2. The van der Waals surface area contributed by atoms with Gasteiger partial charge in [-0.05, 0) is 48.7 Å². The Kier molecular flexibility index (Phi) is 6.61. The van der Waals surface area contributed by atoms with Crippen molar-refractivity contribution < 1.29 is 9.53 Å². The molecule has 4 atom stereocenters. The van der Waals surface area contributed by atoms with Crippen LogP contribution in [-0.2, 0) is 13.6 Å². The maximum Gasteiger partial charge on any atom is 0.254 e. The number of para-hydroxylation sites is 1. The van der Waals surface area contributed by atoms with Gasteiger partial charge in [-0.3, -0.25) is 9.78 Å². The molecule has 0 saturated carbocycles. The summed E-state index contributed by atoms with van der Waals surface area (Å²) in [6.45, 7) is 8.45. The van der Waals surface area contributed by atoms with Crippen LogP contribution in [0.25, 0.3) is 33.5 Å². The van der Waals surface area contributed by atoms with E-state index >= 15 is 0 Å². The molecule has 0 bridgehead atoms. The van der Waals surface area contributed by atoms with Crippen molar-refractivity contribution in [2.24, 2.45) is 24.6 Å². The van der Waals surface area contributed by atoms with Gasteiger partial charge in [-0.2, -0.15) is 0 Å². The van der Waals surface area contributed by atoms with Crippen LogP contribution in [0.3, 0.4) is 0 Å². The predicted molar refractivity (Wildman–Crippen MR) is 177 cm³/mol. The van der Waals surface area contributed by atoms with Crippen molar-refractivity contribution in [3.05, 3.63) is 72.1 Å². The third-order valence-corrected chi connectivity index (χ3v) is 10.2. The summed E-state index contributed by atoms with van der Waals surface area (Å²) in [7, 11) is 3.76. The normalized spacial score (nSPS) is 23.2. The van der Waals surface area contributed by atoms with Crippen LogP contribution in [0, 0.1) is 11.8 Å². The maximum atomic E-state index is 13.8. The number of fused-ring (bicyclic) bond motifs is 2. The van der Waals surface area contributed by atoms with E-state index < -0.39 is 0 Å². The van der Waals surface area contributed by atoms with Crippen LogP contribution in [0.1, 0.15) is 35.8 Å². The van der Waals surface area contributed by atoms with Gasteiger partial charge in [-0.25, -0.2) is 4.98 Å². The van der Waals surface area contributed by atoms with Gasteiger partial charge in [0.25, 0.3) is 5.91 Å². The zero-order chi connectivity index (χ0) is 31.0. The van der Waals surface area contributed by atoms with Gasteiger partial charge < -0.3 is 34.7 Å². The summed E-state index contributed by atoms with van der Waals surface area (Å²) >= 11 is 0. The number of methoxy groups -OCH3 is 1. The molecule has 6 heterocycles. The molecule has 0 spiro atoms. The first-order valence-electron chi connectivity index (χ1n) is 15.9. The molecule has 3 N–H and O–H groups in total. The van der Waals surface area contributed by atoms with Crippen LogP contribution in [0.5, 0.6) is 5.75 Å². The zero-order valence-electron chi connectivity index (χ0n) is 26.3. The summed E-state index contributed by atoms with van der Waals surface area (Å²) in [5, 5.41) is 4.54. The van der Waals surface area contributed by atoms with E-state index in [4.69, 9.17) is 15.5 Å². The molecule has 232 valence electrons. The Morgan fingerprint density at radius 2 is 1.89 bits per heavy atom. The maximum absolute atomic E-state index is 13.8. The molecule has 2 aromatic carbocycles. The van der Waals surface area contributed by atoms with E-state index in [1.54, 1.807) is 7.11 Å². The molecule has 3 aliphatic heterocycles. The molecule has 0 radical (unpaired) electrons. The fraction of sp³-hybridized carbons (Fsp3) is 0.400. The second-order valence-electron chi connectivity index (χ2n) is 13.2. The number of nitrogens with two attached hydrogens (primary N) is 1. The summed E-state index contributed by atoms with van der Waals surface area (Å²) in [5.74, 6) is 2.16. The number of anilines is 1. The number of aromatic nitrogens is 4. The predicted octanol–water partition coefficient (Wildman–Crippen LogP) is 4.19. The molecule has 10 heteroatoms. The molecule has 45 heavy (non-hydrogen) atoms. The Balaban J connectivity index is 1.18. The Labute approximate surface area is 262 Å². The van der Waals surface area contributed by atoms with Gasteiger partial charge in [0.2, 0.25) is 0 Å². The lowest BCUT2D eigenvalue weighted by molar-refractivity contribution is 0.0739. The average molecular weight is 605 g/mol. The summed E-state index contributed by atoms with van der Waals surface area (Å²) in [4.78, 5) is 27.9. The van der Waals surface area contributed by atoms with Crippen molar-refractivity contribution in [2.45, 2.75) is 38.5 Å². The van der Waals surface area contributed by atoms with Gasteiger partial charge in [-0.15, -0.1) is 0 Å². The first-order chi connectivity index (χ1) is 21.8. The number of aryl methyl sites for hydroxylation is 1. The minimum absolute atomic E-state index is 0.0314. The highest BCUT2D eigenvalue weighted by atomic mass is 16.5. The third-order valence-electron chi connectivity index (χ3n) is 10.2. The first-order valence-corrected chi connectivity index (χ1v) is 15.9. The smallest absolute Gasteiger partial charge is 0.254 e. The van der Waals surface area contributed by atoms with Crippen molar-refractivity contribution >= 4 is 33.5 Å². The zero-order valence-corrected chi connectivity index (χ0v) is 26.3. The molecule has 0 aliphatic carbocycles. The number of amides is 1. The van der Waals surface area contributed by atoms with Gasteiger partial charge in [0.1, 0.15) is 11.3 Å². The van der Waals surface area contributed by atoms with E-state index in [1.165, 1.54) is 11.3 Å². The second kappa shape index (κ2) is 10.6. The molecular weight excluding hydrogens is 564 g/mol. The molecular formula is C35H40N8O2. The van der Waals surface area contributed by atoms with Gasteiger partial charge >= 0.3 is 0 Å². The van der Waals surface area contributed by atoms with Gasteiger partial charge in [0, 0.05) is 86.5 Å². The number of benzene rings is 2. The minimum Gasteiger partial charge on any atom is -0.494 e. The first kappa shape index (κ1) is 28.1. The highest BCUT2D eigenvalue weighted by Gasteiger charge is 2.38. The summed E-state index contributed by atoms with van der Waals surface area (Å²) in [6.07, 6.45) is 3.93. The number of likely N-dealkylation sites (tertiary alicyclic amines) is 1. The number of rotatable bonds is 7. The van der Waals surface area contributed by atoms with Crippen molar-refractivity contribution in [2.75, 3.05) is 38.2 Å². The Bertz CT molecular complexity index is 1940. The van der Waals surface area contributed by atoms with Crippen LogP contribution < -0.4 is 20.7 Å². The van der Waals surface area contributed by atoms with E-state index in [0.717, 1.165) is 59.6 Å². The number of carbonyl (C=O) groups is 1. The van der Waals surface area contributed by atoms with Gasteiger partial charge in [-0.1, -0.05) is 25.1 Å². The molecule has 3 aliphatic rings. The van der Waals surface area contributed by atoms with Crippen LogP contribution in [0.15, 0.2) is 60.9 Å². The van der Waals surface area contributed by atoms with Gasteiger partial charge in [0.15, 0.2) is 5.82 Å². The van der Waals surface area contributed by atoms with E-state index in [0.29, 0.717) is 29.8 Å². The molecule has 10 nitrogen and oxygen atoms in total. The topological polar surface area (TPSA) is 116 Å². The van der Waals surface area contributed by atoms with E-state index in [-0.39, 0.29) is 23.9 Å². The third kappa shape index (κ3) is 4.66. The Morgan fingerprint density at radius 3 is 2.60 bits per heavy atom. The largest absolute Gasteiger partial charge is 0.494 e. The minimum atomic E-state index is -0.0393. The molecule has 3 fully saturated rings. The number of carbonyl (C=O) groups excluding carboxylic acids is 1. The van der Waals surface area contributed by atoms with Crippen molar-refractivity contribution in [1.29, 1.82) is 0 Å². The lowest BCUT2D eigenvalue weighted by Crippen LogP contribution is -2.48. The molecule has 1 amide bonds. The quantitative estimate of drug-likeness (QED) is 0.268. The number of nitrogens with zero attached hydrogens (tertiary/aromatic N) is 6. The number of hydrogen-bond donors (Lipinski definition) is 2. The van der Waals surface area contributed by atoms with E-state index in [2.05, 4.69) is 74.7 Å². The molecule has 3 unspecified atom stereocenters. The number of pyridine rings is 1. The van der Waals surface area contributed by atoms with Crippen molar-refractivity contribution in [1.82, 2.24) is 29.3 Å². The lowest BCUT2D eigenvalue weighted by Gasteiger charge is -2.41. The molecule has 8 rings (SSSR count). The molecule has 5 aromatic rings. The fourth-order valence-corrected chi connectivity index (χ4v) is 7.36. The van der Waals surface area contributed by atoms with Crippen LogP contribution in [0.2, 0.25) is 0 Å². The van der Waals surface area contributed by atoms with E-state index in [9.17, 15) is 4.79 Å². The Hall–Kier alpha value is -4.41. The molecule has 3 aromatic heterocycles. The number of nitrogens with one attached hydrogen (secondary N) is 1. The highest BCUT2D eigenvalue weighted by Crippen LogP contribution is 2.38. The monoisotopic (exact) mass is 604 g/mol. The van der Waals surface area contributed by atoms with Crippen LogP contribution >= 0.6 is 0 Å². The lowest BCUT2D eigenvalue weighted by atomic mass is 9.98. The fourth-order valence-electron chi connectivity index (χ4n) is 7.36.